The fraction of sp³-hybridized carbons (Fsp3) is 0.0769. The number of ether oxygens (including phenoxy) is 1. The number of rotatable bonds is 2. The Labute approximate surface area is 128 Å². The zero-order valence-corrected chi connectivity index (χ0v) is 12.7. The van der Waals surface area contributed by atoms with Gasteiger partial charge in [-0.15, -0.1) is 0 Å². The van der Waals surface area contributed by atoms with E-state index in [1.165, 1.54) is 17.9 Å². The zero-order chi connectivity index (χ0) is 14.9. The molecular formula is C13H9BrClN3O2. The summed E-state index contributed by atoms with van der Waals surface area (Å²) in [6.07, 6.45) is 1.47. The second kappa shape index (κ2) is 5.57. The van der Waals surface area contributed by atoms with Gasteiger partial charge in [0.25, 0.3) is 0 Å². The molecule has 7 heteroatoms. The molecule has 2 aromatic rings. The number of methoxy groups -OCH3 is 1. The number of nitrogens with two attached hydrogens (primary N) is 1. The quantitative estimate of drug-likeness (QED) is 0.840. The molecule has 1 heterocycles. The molecule has 1 aromatic heterocycles. The van der Waals surface area contributed by atoms with E-state index in [0.29, 0.717) is 10.7 Å². The molecule has 0 aliphatic rings. The van der Waals surface area contributed by atoms with Crippen molar-refractivity contribution in [1.82, 2.24) is 4.57 Å². The maximum Gasteiger partial charge on any atom is 0.357 e. The largest absolute Gasteiger partial charge is 0.464 e. The standard InChI is InChI=1S/C13H9BrClN3O2/c1-20-13(19)12-11(17)7(5-16)6-18(12)8-2-3-9(14)10(15)4-8/h2-4,6H,17H2,1H3. The first-order valence-corrected chi connectivity index (χ1v) is 6.61. The molecule has 0 saturated heterocycles. The Morgan fingerprint density at radius 2 is 2.25 bits per heavy atom. The molecule has 20 heavy (non-hydrogen) atoms. The van der Waals surface area contributed by atoms with E-state index in [4.69, 9.17) is 27.3 Å². The average molecular weight is 355 g/mol. The van der Waals surface area contributed by atoms with E-state index in [-0.39, 0.29) is 16.9 Å². The second-order valence-corrected chi connectivity index (χ2v) is 5.14. The lowest BCUT2D eigenvalue weighted by atomic mass is 10.2. The summed E-state index contributed by atoms with van der Waals surface area (Å²) >= 11 is 9.32. The zero-order valence-electron chi connectivity index (χ0n) is 10.4. The van der Waals surface area contributed by atoms with Crippen LogP contribution in [0.15, 0.2) is 28.9 Å². The van der Waals surface area contributed by atoms with Crippen molar-refractivity contribution in [1.29, 1.82) is 5.26 Å². The first kappa shape index (κ1) is 14.4. The summed E-state index contributed by atoms with van der Waals surface area (Å²) in [6, 6.07) is 7.06. The maximum atomic E-state index is 11.8. The van der Waals surface area contributed by atoms with Crippen LogP contribution in [0.5, 0.6) is 0 Å². The Balaban J connectivity index is 2.70. The molecule has 5 nitrogen and oxygen atoms in total. The van der Waals surface area contributed by atoms with Crippen molar-refractivity contribution in [3.05, 3.63) is 45.1 Å². The van der Waals surface area contributed by atoms with Gasteiger partial charge in [0, 0.05) is 16.4 Å². The van der Waals surface area contributed by atoms with Crippen LogP contribution in [0.3, 0.4) is 0 Å². The van der Waals surface area contributed by atoms with Crippen LogP contribution in [-0.2, 0) is 4.74 Å². The molecular weight excluding hydrogens is 346 g/mol. The van der Waals surface area contributed by atoms with E-state index < -0.39 is 5.97 Å². The van der Waals surface area contributed by atoms with Gasteiger partial charge in [-0.3, -0.25) is 0 Å². The van der Waals surface area contributed by atoms with Gasteiger partial charge in [-0.25, -0.2) is 4.79 Å². The van der Waals surface area contributed by atoms with Gasteiger partial charge in [-0.05, 0) is 34.1 Å². The number of carbonyl (C=O) groups is 1. The van der Waals surface area contributed by atoms with E-state index in [1.54, 1.807) is 18.2 Å². The predicted molar refractivity (Wildman–Crippen MR) is 78.9 cm³/mol. The third-order valence-electron chi connectivity index (χ3n) is 2.72. The SMILES string of the molecule is COC(=O)c1c(N)c(C#N)cn1-c1ccc(Br)c(Cl)c1. The maximum absolute atomic E-state index is 11.8. The van der Waals surface area contributed by atoms with Crippen molar-refractivity contribution in [2.45, 2.75) is 0 Å². The molecule has 0 spiro atoms. The summed E-state index contributed by atoms with van der Waals surface area (Å²) in [7, 11) is 1.25. The molecule has 0 aliphatic heterocycles. The number of hydrogen-bond acceptors (Lipinski definition) is 4. The Hall–Kier alpha value is -1.97. The first-order chi connectivity index (χ1) is 9.49. The molecule has 0 bridgehead atoms. The highest BCUT2D eigenvalue weighted by Crippen LogP contribution is 2.29. The number of halogens is 2. The van der Waals surface area contributed by atoms with Crippen molar-refractivity contribution in [3.63, 3.8) is 0 Å². The number of hydrogen-bond donors (Lipinski definition) is 1. The monoisotopic (exact) mass is 353 g/mol. The number of carbonyl (C=O) groups excluding carboxylic acids is 1. The first-order valence-electron chi connectivity index (χ1n) is 5.44. The minimum absolute atomic E-state index is 0.0818. The molecule has 102 valence electrons. The summed E-state index contributed by atoms with van der Waals surface area (Å²) in [5.41, 5.74) is 6.79. The van der Waals surface area contributed by atoms with Crippen molar-refractivity contribution >= 4 is 39.2 Å². The van der Waals surface area contributed by atoms with E-state index in [0.717, 1.165) is 4.47 Å². The summed E-state index contributed by atoms with van der Waals surface area (Å²) < 4.78 is 6.91. The Kier molecular flexibility index (Phi) is 4.02. The smallest absolute Gasteiger partial charge is 0.357 e. The van der Waals surface area contributed by atoms with Gasteiger partial charge >= 0.3 is 5.97 Å². The normalized spacial score (nSPS) is 10.1. The summed E-state index contributed by atoms with van der Waals surface area (Å²) in [4.78, 5) is 11.8. The van der Waals surface area contributed by atoms with Crippen molar-refractivity contribution in [3.8, 4) is 11.8 Å². The number of anilines is 1. The number of esters is 1. The molecule has 2 rings (SSSR count). The van der Waals surface area contributed by atoms with Gasteiger partial charge in [0.2, 0.25) is 0 Å². The third kappa shape index (κ3) is 2.38. The van der Waals surface area contributed by atoms with Crippen LogP contribution in [-0.4, -0.2) is 17.6 Å². The topological polar surface area (TPSA) is 81.0 Å². The molecule has 1 aromatic carbocycles. The lowest BCUT2D eigenvalue weighted by Gasteiger charge is -2.09. The number of nitrogens with zero attached hydrogens (tertiary/aromatic N) is 2. The van der Waals surface area contributed by atoms with Gasteiger partial charge in [0.05, 0.1) is 23.4 Å². The summed E-state index contributed by atoms with van der Waals surface area (Å²) in [6.45, 7) is 0. The average Bonchev–Trinajstić information content (AvgIpc) is 2.78. The lowest BCUT2D eigenvalue weighted by Crippen LogP contribution is -2.11. The van der Waals surface area contributed by atoms with Gasteiger partial charge in [0.1, 0.15) is 6.07 Å². The van der Waals surface area contributed by atoms with Crippen molar-refractivity contribution in [2.24, 2.45) is 0 Å². The van der Waals surface area contributed by atoms with E-state index >= 15 is 0 Å². The minimum atomic E-state index is -0.622. The Bertz CT molecular complexity index is 734. The van der Waals surface area contributed by atoms with E-state index in [1.807, 2.05) is 6.07 Å². The Morgan fingerprint density at radius 3 is 2.80 bits per heavy atom. The molecule has 0 saturated carbocycles. The highest BCUT2D eigenvalue weighted by Gasteiger charge is 2.21. The fourth-order valence-corrected chi connectivity index (χ4v) is 2.17. The van der Waals surface area contributed by atoms with Crippen molar-refractivity contribution < 1.29 is 9.53 Å². The Morgan fingerprint density at radius 1 is 1.55 bits per heavy atom. The van der Waals surface area contributed by atoms with Gasteiger partial charge in [0.15, 0.2) is 5.69 Å². The second-order valence-electron chi connectivity index (χ2n) is 3.88. The molecule has 2 N–H and O–H groups in total. The fourth-order valence-electron chi connectivity index (χ4n) is 1.75. The van der Waals surface area contributed by atoms with Crippen LogP contribution in [0, 0.1) is 11.3 Å². The number of nitrogen functional groups attached to an aromatic ring is 1. The van der Waals surface area contributed by atoms with Crippen LogP contribution in [0.2, 0.25) is 5.02 Å². The molecule has 0 radical (unpaired) electrons. The van der Waals surface area contributed by atoms with Gasteiger partial charge in [-0.2, -0.15) is 5.26 Å². The van der Waals surface area contributed by atoms with Gasteiger partial charge < -0.3 is 15.0 Å². The van der Waals surface area contributed by atoms with Crippen LogP contribution in [0.25, 0.3) is 5.69 Å². The predicted octanol–water partition coefficient (Wildman–Crippen LogP) is 3.13. The van der Waals surface area contributed by atoms with Crippen LogP contribution < -0.4 is 5.73 Å². The van der Waals surface area contributed by atoms with Crippen molar-refractivity contribution in [2.75, 3.05) is 12.8 Å². The minimum Gasteiger partial charge on any atom is -0.464 e. The highest BCUT2D eigenvalue weighted by atomic mass is 79.9. The third-order valence-corrected chi connectivity index (χ3v) is 3.96. The van der Waals surface area contributed by atoms with E-state index in [9.17, 15) is 4.79 Å². The van der Waals surface area contributed by atoms with Crippen LogP contribution in [0.4, 0.5) is 5.69 Å². The molecule has 0 amide bonds. The van der Waals surface area contributed by atoms with Crippen LogP contribution in [0.1, 0.15) is 16.1 Å². The summed E-state index contributed by atoms with van der Waals surface area (Å²) in [5.74, 6) is -0.622. The van der Waals surface area contributed by atoms with Crippen LogP contribution >= 0.6 is 27.5 Å². The number of nitriles is 1. The highest BCUT2D eigenvalue weighted by molar-refractivity contribution is 9.10. The molecule has 0 unspecified atom stereocenters. The number of benzene rings is 1. The molecule has 0 atom stereocenters. The molecule has 0 aliphatic carbocycles. The lowest BCUT2D eigenvalue weighted by molar-refractivity contribution is 0.0593. The molecule has 0 fully saturated rings. The van der Waals surface area contributed by atoms with Gasteiger partial charge in [-0.1, -0.05) is 11.6 Å². The van der Waals surface area contributed by atoms with E-state index in [2.05, 4.69) is 15.9 Å². The summed E-state index contributed by atoms with van der Waals surface area (Å²) in [5, 5.41) is 9.50. The number of aromatic nitrogens is 1.